The first-order chi connectivity index (χ1) is 15.1. The standard InChI is InChI=1S/C23H23BrN4O3/c24-20-12-25-28(15-20)14-17-1-4-19(5-2-17)23(29)27-9-7-26(8-10-27)13-18-3-6-21-22(11-18)31-16-30-21/h1-6,11-12,15H,7-10,13-14,16H2. The zero-order valence-corrected chi connectivity index (χ0v) is 18.6. The maximum absolute atomic E-state index is 12.9. The molecule has 0 saturated carbocycles. The van der Waals surface area contributed by atoms with E-state index in [0.717, 1.165) is 59.8 Å². The van der Waals surface area contributed by atoms with Crippen LogP contribution >= 0.6 is 15.9 Å². The molecule has 0 aliphatic carbocycles. The molecule has 0 radical (unpaired) electrons. The SMILES string of the molecule is O=C(c1ccc(Cn2cc(Br)cn2)cc1)N1CCN(Cc2ccc3c(c2)OCO3)CC1. The van der Waals surface area contributed by atoms with Crippen LogP contribution in [-0.2, 0) is 13.1 Å². The molecule has 1 amide bonds. The van der Waals surface area contributed by atoms with Crippen LogP contribution in [-0.4, -0.2) is 58.5 Å². The summed E-state index contributed by atoms with van der Waals surface area (Å²) in [4.78, 5) is 17.2. The number of hydrogen-bond donors (Lipinski definition) is 0. The molecule has 3 aromatic rings. The fourth-order valence-corrected chi connectivity index (χ4v) is 4.28. The van der Waals surface area contributed by atoms with Crippen LogP contribution in [0.5, 0.6) is 11.5 Å². The Morgan fingerprint density at radius 3 is 2.42 bits per heavy atom. The number of aromatic nitrogens is 2. The van der Waals surface area contributed by atoms with Crippen LogP contribution in [0, 0.1) is 0 Å². The van der Waals surface area contributed by atoms with E-state index in [1.165, 1.54) is 5.56 Å². The Hall–Kier alpha value is -2.84. The number of halogens is 1. The number of carbonyl (C=O) groups excluding carboxylic acids is 1. The van der Waals surface area contributed by atoms with Crippen molar-refractivity contribution in [2.24, 2.45) is 0 Å². The molecule has 2 aliphatic rings. The lowest BCUT2D eigenvalue weighted by molar-refractivity contribution is 0.0628. The summed E-state index contributed by atoms with van der Waals surface area (Å²) >= 11 is 3.41. The van der Waals surface area contributed by atoms with E-state index >= 15 is 0 Å². The van der Waals surface area contributed by atoms with Crippen molar-refractivity contribution in [3.63, 3.8) is 0 Å². The van der Waals surface area contributed by atoms with E-state index < -0.39 is 0 Å². The molecular formula is C23H23BrN4O3. The predicted octanol–water partition coefficient (Wildman–Crippen LogP) is 3.38. The molecule has 0 N–H and O–H groups in total. The van der Waals surface area contributed by atoms with Crippen molar-refractivity contribution in [2.45, 2.75) is 13.1 Å². The molecule has 31 heavy (non-hydrogen) atoms. The molecule has 0 spiro atoms. The van der Waals surface area contributed by atoms with Crippen LogP contribution in [0.4, 0.5) is 0 Å². The van der Waals surface area contributed by atoms with Gasteiger partial charge in [0.25, 0.3) is 5.91 Å². The molecule has 7 nitrogen and oxygen atoms in total. The quantitative estimate of drug-likeness (QED) is 0.557. The zero-order chi connectivity index (χ0) is 21.2. The fourth-order valence-electron chi connectivity index (χ4n) is 3.95. The largest absolute Gasteiger partial charge is 0.454 e. The van der Waals surface area contributed by atoms with E-state index in [1.807, 2.05) is 52.2 Å². The minimum atomic E-state index is 0.0936. The molecule has 1 fully saturated rings. The summed E-state index contributed by atoms with van der Waals surface area (Å²) in [5.41, 5.74) is 3.04. The maximum atomic E-state index is 12.9. The van der Waals surface area contributed by atoms with Gasteiger partial charge in [-0.2, -0.15) is 5.10 Å². The predicted molar refractivity (Wildman–Crippen MR) is 119 cm³/mol. The third-order valence-electron chi connectivity index (χ3n) is 5.65. The fraction of sp³-hybridized carbons (Fsp3) is 0.304. The van der Waals surface area contributed by atoms with Crippen LogP contribution in [0.3, 0.4) is 0 Å². The zero-order valence-electron chi connectivity index (χ0n) is 17.0. The molecular weight excluding hydrogens is 460 g/mol. The second kappa shape index (κ2) is 8.72. The van der Waals surface area contributed by atoms with E-state index in [-0.39, 0.29) is 5.91 Å². The summed E-state index contributed by atoms with van der Waals surface area (Å²) in [7, 11) is 0. The highest BCUT2D eigenvalue weighted by Crippen LogP contribution is 2.32. The van der Waals surface area contributed by atoms with Gasteiger partial charge in [0.05, 0.1) is 17.2 Å². The lowest BCUT2D eigenvalue weighted by Crippen LogP contribution is -2.48. The van der Waals surface area contributed by atoms with Gasteiger partial charge in [-0.1, -0.05) is 18.2 Å². The number of nitrogens with zero attached hydrogens (tertiary/aromatic N) is 4. The highest BCUT2D eigenvalue weighted by molar-refractivity contribution is 9.10. The number of hydrogen-bond acceptors (Lipinski definition) is 5. The topological polar surface area (TPSA) is 59.8 Å². The van der Waals surface area contributed by atoms with Gasteiger partial charge in [-0.15, -0.1) is 0 Å². The van der Waals surface area contributed by atoms with E-state index in [1.54, 1.807) is 6.20 Å². The van der Waals surface area contributed by atoms with Gasteiger partial charge in [0.2, 0.25) is 6.79 Å². The van der Waals surface area contributed by atoms with Crippen LogP contribution in [0.15, 0.2) is 59.3 Å². The van der Waals surface area contributed by atoms with Crippen LogP contribution in [0.1, 0.15) is 21.5 Å². The lowest BCUT2D eigenvalue weighted by Gasteiger charge is -2.34. The molecule has 1 aromatic heterocycles. The van der Waals surface area contributed by atoms with Crippen molar-refractivity contribution in [3.05, 3.63) is 76.0 Å². The number of amides is 1. The van der Waals surface area contributed by atoms with Crippen molar-refractivity contribution in [1.82, 2.24) is 19.6 Å². The number of piperazine rings is 1. The van der Waals surface area contributed by atoms with Crippen LogP contribution in [0.25, 0.3) is 0 Å². The van der Waals surface area contributed by atoms with Crippen molar-refractivity contribution < 1.29 is 14.3 Å². The van der Waals surface area contributed by atoms with E-state index in [9.17, 15) is 4.79 Å². The first-order valence-corrected chi connectivity index (χ1v) is 11.1. The summed E-state index contributed by atoms with van der Waals surface area (Å²) in [6, 6.07) is 13.9. The monoisotopic (exact) mass is 482 g/mol. The molecule has 0 unspecified atom stereocenters. The molecule has 1 saturated heterocycles. The Bertz CT molecular complexity index is 1070. The average Bonchev–Trinajstić information content (AvgIpc) is 3.42. The Labute approximate surface area is 189 Å². The van der Waals surface area contributed by atoms with Gasteiger partial charge in [-0.05, 0) is 51.3 Å². The molecule has 160 valence electrons. The van der Waals surface area contributed by atoms with Crippen molar-refractivity contribution >= 4 is 21.8 Å². The smallest absolute Gasteiger partial charge is 0.253 e. The number of ether oxygens (including phenoxy) is 2. The van der Waals surface area contributed by atoms with E-state index in [0.29, 0.717) is 13.3 Å². The second-order valence-electron chi connectivity index (χ2n) is 7.81. The molecule has 5 rings (SSSR count). The van der Waals surface area contributed by atoms with Crippen molar-refractivity contribution in [2.75, 3.05) is 33.0 Å². The van der Waals surface area contributed by atoms with Gasteiger partial charge in [0.1, 0.15) is 0 Å². The summed E-state index contributed by atoms with van der Waals surface area (Å²) < 4.78 is 13.7. The summed E-state index contributed by atoms with van der Waals surface area (Å²) in [5, 5.41) is 4.27. The summed E-state index contributed by atoms with van der Waals surface area (Å²) in [6.45, 7) is 4.98. The molecule has 8 heteroatoms. The average molecular weight is 483 g/mol. The van der Waals surface area contributed by atoms with E-state index in [4.69, 9.17) is 9.47 Å². The number of carbonyl (C=O) groups is 1. The van der Waals surface area contributed by atoms with Gasteiger partial charge >= 0.3 is 0 Å². The number of fused-ring (bicyclic) bond motifs is 1. The second-order valence-corrected chi connectivity index (χ2v) is 8.72. The molecule has 0 bridgehead atoms. The lowest BCUT2D eigenvalue weighted by atomic mass is 10.1. The normalized spacial score (nSPS) is 16.0. The van der Waals surface area contributed by atoms with Crippen LogP contribution < -0.4 is 9.47 Å². The van der Waals surface area contributed by atoms with E-state index in [2.05, 4.69) is 32.0 Å². The Balaban J connectivity index is 1.14. The Morgan fingerprint density at radius 2 is 1.68 bits per heavy atom. The number of benzene rings is 2. The minimum absolute atomic E-state index is 0.0936. The Morgan fingerprint density at radius 1 is 0.935 bits per heavy atom. The van der Waals surface area contributed by atoms with Crippen molar-refractivity contribution in [1.29, 1.82) is 0 Å². The third kappa shape index (κ3) is 4.60. The number of rotatable bonds is 5. The molecule has 2 aromatic carbocycles. The first kappa shape index (κ1) is 20.1. The maximum Gasteiger partial charge on any atom is 0.253 e. The molecule has 0 atom stereocenters. The highest BCUT2D eigenvalue weighted by atomic mass is 79.9. The Kier molecular flexibility index (Phi) is 5.65. The molecule has 3 heterocycles. The third-order valence-corrected chi connectivity index (χ3v) is 6.06. The summed E-state index contributed by atoms with van der Waals surface area (Å²) in [5.74, 6) is 1.72. The van der Waals surface area contributed by atoms with Gasteiger partial charge in [0, 0.05) is 44.5 Å². The molecule has 2 aliphatic heterocycles. The van der Waals surface area contributed by atoms with Crippen LogP contribution in [0.2, 0.25) is 0 Å². The summed E-state index contributed by atoms with van der Waals surface area (Å²) in [6.07, 6.45) is 3.70. The highest BCUT2D eigenvalue weighted by Gasteiger charge is 2.23. The van der Waals surface area contributed by atoms with Gasteiger partial charge < -0.3 is 14.4 Å². The van der Waals surface area contributed by atoms with Gasteiger partial charge in [0.15, 0.2) is 11.5 Å². The van der Waals surface area contributed by atoms with Crippen molar-refractivity contribution in [3.8, 4) is 11.5 Å². The first-order valence-electron chi connectivity index (χ1n) is 10.3. The minimum Gasteiger partial charge on any atom is -0.454 e. The van der Waals surface area contributed by atoms with Gasteiger partial charge in [-0.3, -0.25) is 14.4 Å². The van der Waals surface area contributed by atoms with Gasteiger partial charge in [-0.25, -0.2) is 0 Å².